The van der Waals surface area contributed by atoms with Gasteiger partial charge in [-0.1, -0.05) is 39.0 Å². The Balaban J connectivity index is 2.31. The van der Waals surface area contributed by atoms with E-state index in [9.17, 15) is 0 Å². The number of benzene rings is 1. The molecular weight excluding hydrogens is 250 g/mol. The number of thiophene rings is 1. The van der Waals surface area contributed by atoms with E-state index in [-0.39, 0.29) is 11.5 Å². The minimum absolute atomic E-state index is 0.0135. The molecule has 0 fully saturated rings. The molecule has 1 unspecified atom stereocenters. The van der Waals surface area contributed by atoms with Gasteiger partial charge < -0.3 is 5.73 Å². The Labute approximate surface area is 120 Å². The number of nitrogens with two attached hydrogens (primary N) is 1. The largest absolute Gasteiger partial charge is 0.320 e. The van der Waals surface area contributed by atoms with Crippen molar-refractivity contribution in [2.45, 2.75) is 46.1 Å². The minimum Gasteiger partial charge on any atom is -0.320 e. The van der Waals surface area contributed by atoms with Crippen LogP contribution in [0.25, 0.3) is 0 Å². The first-order valence-electron chi connectivity index (χ1n) is 6.72. The Kier molecular flexibility index (Phi) is 3.84. The Morgan fingerprint density at radius 2 is 1.68 bits per heavy atom. The Morgan fingerprint density at radius 3 is 2.21 bits per heavy atom. The number of rotatable bonds is 2. The van der Waals surface area contributed by atoms with Crippen LogP contribution in [0.2, 0.25) is 0 Å². The van der Waals surface area contributed by atoms with Crippen molar-refractivity contribution in [3.8, 4) is 0 Å². The summed E-state index contributed by atoms with van der Waals surface area (Å²) < 4.78 is 0. The zero-order valence-electron chi connectivity index (χ0n) is 12.4. The summed E-state index contributed by atoms with van der Waals surface area (Å²) >= 11 is 1.83. The average Bonchev–Trinajstić information content (AvgIpc) is 2.81. The average molecular weight is 273 g/mol. The smallest absolute Gasteiger partial charge is 0.0646 e. The van der Waals surface area contributed by atoms with Gasteiger partial charge >= 0.3 is 0 Å². The number of hydrogen-bond acceptors (Lipinski definition) is 2. The van der Waals surface area contributed by atoms with Crippen LogP contribution in [0.4, 0.5) is 0 Å². The molecule has 0 saturated carbocycles. The fraction of sp³-hybridized carbons (Fsp3) is 0.412. The lowest BCUT2D eigenvalue weighted by atomic mass is 9.95. The molecule has 2 N–H and O–H groups in total. The molecule has 19 heavy (non-hydrogen) atoms. The molecule has 2 heteroatoms. The molecule has 0 radical (unpaired) electrons. The van der Waals surface area contributed by atoms with Crippen LogP contribution in [0.5, 0.6) is 0 Å². The lowest BCUT2D eigenvalue weighted by Crippen LogP contribution is -2.11. The molecule has 1 heterocycles. The van der Waals surface area contributed by atoms with E-state index in [0.29, 0.717) is 0 Å². The van der Waals surface area contributed by atoms with Gasteiger partial charge in [0.1, 0.15) is 0 Å². The van der Waals surface area contributed by atoms with Crippen molar-refractivity contribution in [3.63, 3.8) is 0 Å². The lowest BCUT2D eigenvalue weighted by Gasteiger charge is -2.16. The summed E-state index contributed by atoms with van der Waals surface area (Å²) in [5, 5.41) is 0. The lowest BCUT2D eigenvalue weighted by molar-refractivity contribution is 0.604. The second kappa shape index (κ2) is 5.10. The van der Waals surface area contributed by atoms with Gasteiger partial charge in [-0.2, -0.15) is 0 Å². The molecule has 0 bridgehead atoms. The van der Waals surface area contributed by atoms with Gasteiger partial charge in [0.05, 0.1) is 6.04 Å². The van der Waals surface area contributed by atoms with Crippen LogP contribution in [0.1, 0.15) is 53.3 Å². The summed E-state index contributed by atoms with van der Waals surface area (Å²) in [5.74, 6) is 0. The fourth-order valence-electron chi connectivity index (χ4n) is 2.05. The molecule has 1 atom stereocenters. The molecule has 0 aliphatic rings. The molecule has 1 aromatic heterocycles. The molecule has 0 spiro atoms. The molecular formula is C17H23NS. The molecule has 2 aromatic rings. The van der Waals surface area contributed by atoms with E-state index in [2.05, 4.69) is 65.0 Å². The summed E-state index contributed by atoms with van der Waals surface area (Å²) in [5.41, 5.74) is 10.4. The molecule has 1 nitrogen and oxygen atoms in total. The zero-order chi connectivity index (χ0) is 14.2. The Hall–Kier alpha value is -1.12. The molecule has 0 aliphatic carbocycles. The molecule has 0 amide bonds. The van der Waals surface area contributed by atoms with Gasteiger partial charge in [-0.3, -0.25) is 0 Å². The highest BCUT2D eigenvalue weighted by Crippen LogP contribution is 2.33. The normalized spacial score (nSPS) is 13.6. The quantitative estimate of drug-likeness (QED) is 0.842. The van der Waals surface area contributed by atoms with Crippen molar-refractivity contribution in [1.29, 1.82) is 0 Å². The highest BCUT2D eigenvalue weighted by Gasteiger charge is 2.19. The Bertz CT molecular complexity index is 575. The van der Waals surface area contributed by atoms with Crippen LogP contribution < -0.4 is 5.73 Å². The van der Waals surface area contributed by atoms with Gasteiger partial charge in [0.2, 0.25) is 0 Å². The third kappa shape index (κ3) is 3.07. The summed E-state index contributed by atoms with van der Waals surface area (Å²) in [6.45, 7) is 11.0. The fourth-order valence-corrected chi connectivity index (χ4v) is 3.14. The van der Waals surface area contributed by atoms with Crippen molar-refractivity contribution in [2.24, 2.45) is 5.73 Å². The minimum atomic E-state index is -0.0135. The molecule has 102 valence electrons. The summed E-state index contributed by atoms with van der Waals surface area (Å²) in [6, 6.07) is 10.9. The van der Waals surface area contributed by atoms with Gasteiger partial charge in [-0.25, -0.2) is 0 Å². The van der Waals surface area contributed by atoms with Crippen molar-refractivity contribution in [2.75, 3.05) is 0 Å². The van der Waals surface area contributed by atoms with Crippen LogP contribution in [-0.4, -0.2) is 0 Å². The maximum Gasteiger partial charge on any atom is 0.0646 e. The van der Waals surface area contributed by atoms with Crippen molar-refractivity contribution in [3.05, 3.63) is 56.8 Å². The maximum atomic E-state index is 6.40. The van der Waals surface area contributed by atoms with Crippen molar-refractivity contribution in [1.82, 2.24) is 0 Å². The molecule has 0 aliphatic heterocycles. The number of aryl methyl sites for hydroxylation is 2. The van der Waals surface area contributed by atoms with Gasteiger partial charge in [-0.05, 0) is 48.1 Å². The van der Waals surface area contributed by atoms with Crippen molar-refractivity contribution >= 4 is 11.3 Å². The third-order valence-electron chi connectivity index (χ3n) is 3.56. The first kappa shape index (κ1) is 14.3. The molecule has 2 rings (SSSR count). The van der Waals surface area contributed by atoms with Gasteiger partial charge in [-0.15, -0.1) is 11.3 Å². The van der Waals surface area contributed by atoms with E-state index in [1.165, 1.54) is 26.4 Å². The summed E-state index contributed by atoms with van der Waals surface area (Å²) in [4.78, 5) is 2.63. The van der Waals surface area contributed by atoms with Crippen LogP contribution in [-0.2, 0) is 5.41 Å². The predicted molar refractivity (Wildman–Crippen MR) is 85.0 cm³/mol. The van der Waals surface area contributed by atoms with Gasteiger partial charge in [0.15, 0.2) is 0 Å². The zero-order valence-corrected chi connectivity index (χ0v) is 13.3. The molecule has 0 saturated heterocycles. The van der Waals surface area contributed by atoms with E-state index in [1.54, 1.807) is 0 Å². The highest BCUT2D eigenvalue weighted by atomic mass is 32.1. The van der Waals surface area contributed by atoms with Crippen LogP contribution >= 0.6 is 11.3 Å². The van der Waals surface area contributed by atoms with Crippen LogP contribution in [0.3, 0.4) is 0 Å². The summed E-state index contributed by atoms with van der Waals surface area (Å²) in [6.07, 6.45) is 0. The topological polar surface area (TPSA) is 26.0 Å². The highest BCUT2D eigenvalue weighted by molar-refractivity contribution is 7.12. The predicted octanol–water partition coefficient (Wildman–Crippen LogP) is 4.71. The van der Waals surface area contributed by atoms with E-state index in [4.69, 9.17) is 5.73 Å². The first-order valence-corrected chi connectivity index (χ1v) is 7.53. The molecule has 1 aromatic carbocycles. The Morgan fingerprint density at radius 1 is 1.00 bits per heavy atom. The van der Waals surface area contributed by atoms with Gasteiger partial charge in [0, 0.05) is 9.75 Å². The maximum absolute atomic E-state index is 6.40. The van der Waals surface area contributed by atoms with E-state index in [1.807, 2.05) is 11.3 Å². The van der Waals surface area contributed by atoms with Crippen LogP contribution in [0, 0.1) is 13.8 Å². The monoisotopic (exact) mass is 273 g/mol. The van der Waals surface area contributed by atoms with E-state index < -0.39 is 0 Å². The van der Waals surface area contributed by atoms with E-state index >= 15 is 0 Å². The standard InChI is InChI=1S/C17H23NS/c1-11-6-7-13(10-12(11)2)16(18)14-8-9-15(19-14)17(3,4)5/h6-10,16H,18H2,1-5H3. The van der Waals surface area contributed by atoms with Gasteiger partial charge in [0.25, 0.3) is 0 Å². The number of hydrogen-bond donors (Lipinski definition) is 1. The van der Waals surface area contributed by atoms with E-state index in [0.717, 1.165) is 0 Å². The second-order valence-corrected chi connectivity index (χ2v) is 7.39. The SMILES string of the molecule is Cc1ccc(C(N)c2ccc(C(C)(C)C)s2)cc1C. The van der Waals surface area contributed by atoms with Crippen molar-refractivity contribution < 1.29 is 0 Å². The summed E-state index contributed by atoms with van der Waals surface area (Å²) in [7, 11) is 0. The second-order valence-electron chi connectivity index (χ2n) is 6.27. The first-order chi connectivity index (χ1) is 8.79. The van der Waals surface area contributed by atoms with Crippen LogP contribution in [0.15, 0.2) is 30.3 Å². The third-order valence-corrected chi connectivity index (χ3v) is 5.16.